The molecule has 1 N–H and O–H groups in total. The number of carbonyl (C=O) groups is 1. The Morgan fingerprint density at radius 1 is 1.04 bits per heavy atom. The van der Waals surface area contributed by atoms with Crippen LogP contribution in [0.1, 0.15) is 15.9 Å². The minimum atomic E-state index is -0.162. The van der Waals surface area contributed by atoms with Gasteiger partial charge in [-0.1, -0.05) is 30.3 Å². The molecular formula is C23H21N3O2. The highest BCUT2D eigenvalue weighted by Gasteiger charge is 2.09. The van der Waals surface area contributed by atoms with Crippen LogP contribution in [-0.4, -0.2) is 22.6 Å². The van der Waals surface area contributed by atoms with Gasteiger partial charge >= 0.3 is 0 Å². The lowest BCUT2D eigenvalue weighted by atomic mass is 10.1. The summed E-state index contributed by atoms with van der Waals surface area (Å²) in [5.74, 6) is 0.560. The van der Waals surface area contributed by atoms with Gasteiger partial charge in [-0.15, -0.1) is 0 Å². The maximum absolute atomic E-state index is 12.4. The van der Waals surface area contributed by atoms with Crippen LogP contribution in [0.5, 0.6) is 5.75 Å². The molecule has 0 spiro atoms. The van der Waals surface area contributed by atoms with Crippen LogP contribution >= 0.6 is 0 Å². The first-order chi connectivity index (χ1) is 13.7. The number of fused-ring (bicyclic) bond motifs is 1. The van der Waals surface area contributed by atoms with Crippen molar-refractivity contribution in [2.75, 3.05) is 12.4 Å². The van der Waals surface area contributed by atoms with Gasteiger partial charge in [0.25, 0.3) is 5.91 Å². The molecule has 28 heavy (non-hydrogen) atoms. The van der Waals surface area contributed by atoms with Crippen molar-refractivity contribution in [1.82, 2.24) is 9.55 Å². The summed E-state index contributed by atoms with van der Waals surface area (Å²) in [4.78, 5) is 16.9. The average molecular weight is 371 g/mol. The molecule has 0 saturated carbocycles. The monoisotopic (exact) mass is 371 g/mol. The van der Waals surface area contributed by atoms with Crippen molar-refractivity contribution >= 4 is 22.6 Å². The number of rotatable bonds is 6. The topological polar surface area (TPSA) is 56.1 Å². The van der Waals surface area contributed by atoms with Gasteiger partial charge in [0.2, 0.25) is 0 Å². The first kappa shape index (κ1) is 17.8. The van der Waals surface area contributed by atoms with Gasteiger partial charge in [0.15, 0.2) is 0 Å². The number of hydrogen-bond donors (Lipinski definition) is 1. The Bertz CT molecular complexity index is 1090. The van der Waals surface area contributed by atoms with Crippen LogP contribution in [-0.2, 0) is 13.0 Å². The Morgan fingerprint density at radius 3 is 2.57 bits per heavy atom. The Kier molecular flexibility index (Phi) is 5.06. The second kappa shape index (κ2) is 7.96. The third kappa shape index (κ3) is 3.88. The van der Waals surface area contributed by atoms with Gasteiger partial charge in [-0.2, -0.15) is 0 Å². The number of methoxy groups -OCH3 is 1. The van der Waals surface area contributed by atoms with E-state index in [1.807, 2.05) is 30.6 Å². The van der Waals surface area contributed by atoms with E-state index in [4.69, 9.17) is 4.74 Å². The van der Waals surface area contributed by atoms with Crippen molar-refractivity contribution in [3.63, 3.8) is 0 Å². The predicted octanol–water partition coefficient (Wildman–Crippen LogP) is 4.54. The first-order valence-electron chi connectivity index (χ1n) is 9.17. The summed E-state index contributed by atoms with van der Waals surface area (Å²) in [6.45, 7) is 0.859. The summed E-state index contributed by atoms with van der Waals surface area (Å²) in [6, 6.07) is 23.2. The number of nitrogens with zero attached hydrogens (tertiary/aromatic N) is 2. The standard InChI is InChI=1S/C23H21N3O2/c1-28-20-10-7-18(8-11-20)23(27)25-19-9-12-22-21(15-19)24-16-26(22)14-13-17-5-3-2-4-6-17/h2-12,15-16H,13-14H2,1H3,(H,25,27). The first-order valence-corrected chi connectivity index (χ1v) is 9.17. The molecule has 0 aliphatic carbocycles. The Hall–Kier alpha value is -3.60. The van der Waals surface area contributed by atoms with Gasteiger partial charge in [-0.25, -0.2) is 4.98 Å². The summed E-state index contributed by atoms with van der Waals surface area (Å²) in [6.07, 6.45) is 2.80. The fourth-order valence-electron chi connectivity index (χ4n) is 3.16. The molecule has 140 valence electrons. The smallest absolute Gasteiger partial charge is 0.255 e. The fraction of sp³-hybridized carbons (Fsp3) is 0.130. The average Bonchev–Trinajstić information content (AvgIpc) is 3.15. The van der Waals surface area contributed by atoms with Gasteiger partial charge in [-0.3, -0.25) is 4.79 Å². The number of carbonyl (C=O) groups excluding carboxylic acids is 1. The number of nitrogens with one attached hydrogen (secondary N) is 1. The molecule has 0 unspecified atom stereocenters. The molecule has 0 aliphatic heterocycles. The zero-order chi connectivity index (χ0) is 19.3. The van der Waals surface area contributed by atoms with E-state index in [1.165, 1.54) is 5.56 Å². The molecule has 0 fully saturated rings. The highest BCUT2D eigenvalue weighted by molar-refractivity contribution is 6.05. The van der Waals surface area contributed by atoms with Crippen molar-refractivity contribution in [2.45, 2.75) is 13.0 Å². The number of benzene rings is 3. The van der Waals surface area contributed by atoms with Crippen LogP contribution in [0, 0.1) is 0 Å². The number of hydrogen-bond acceptors (Lipinski definition) is 3. The molecule has 0 bridgehead atoms. The largest absolute Gasteiger partial charge is 0.497 e. The Balaban J connectivity index is 1.46. The van der Waals surface area contributed by atoms with Crippen LogP contribution in [0.3, 0.4) is 0 Å². The van der Waals surface area contributed by atoms with Crippen LogP contribution in [0.15, 0.2) is 79.1 Å². The molecule has 5 nitrogen and oxygen atoms in total. The normalized spacial score (nSPS) is 10.8. The number of ether oxygens (including phenoxy) is 1. The van der Waals surface area contributed by atoms with E-state index in [9.17, 15) is 4.79 Å². The van der Waals surface area contributed by atoms with E-state index >= 15 is 0 Å². The van der Waals surface area contributed by atoms with Crippen molar-refractivity contribution < 1.29 is 9.53 Å². The molecule has 4 aromatic rings. The van der Waals surface area contributed by atoms with E-state index < -0.39 is 0 Å². The minimum absolute atomic E-state index is 0.162. The van der Waals surface area contributed by atoms with E-state index in [-0.39, 0.29) is 5.91 Å². The van der Waals surface area contributed by atoms with Gasteiger partial charge in [0.1, 0.15) is 5.75 Å². The molecule has 1 amide bonds. The molecule has 4 rings (SSSR count). The maximum Gasteiger partial charge on any atom is 0.255 e. The lowest BCUT2D eigenvalue weighted by Gasteiger charge is -2.07. The quantitative estimate of drug-likeness (QED) is 0.541. The second-order valence-electron chi connectivity index (χ2n) is 6.56. The van der Waals surface area contributed by atoms with E-state index in [0.717, 1.165) is 35.4 Å². The van der Waals surface area contributed by atoms with Crippen LogP contribution in [0.25, 0.3) is 11.0 Å². The maximum atomic E-state index is 12.4. The molecule has 1 aromatic heterocycles. The molecular weight excluding hydrogens is 350 g/mol. The van der Waals surface area contributed by atoms with E-state index in [1.54, 1.807) is 31.4 Å². The van der Waals surface area contributed by atoms with Crippen molar-refractivity contribution in [3.8, 4) is 5.75 Å². The molecule has 5 heteroatoms. The number of aromatic nitrogens is 2. The molecule has 0 saturated heterocycles. The van der Waals surface area contributed by atoms with E-state index in [2.05, 4.69) is 39.1 Å². The number of aryl methyl sites for hydroxylation is 2. The van der Waals surface area contributed by atoms with Gasteiger partial charge in [0, 0.05) is 17.8 Å². The van der Waals surface area contributed by atoms with Crippen LogP contribution < -0.4 is 10.1 Å². The number of imidazole rings is 1. The lowest BCUT2D eigenvalue weighted by Crippen LogP contribution is -2.11. The van der Waals surface area contributed by atoms with Crippen LogP contribution in [0.4, 0.5) is 5.69 Å². The third-order valence-electron chi connectivity index (χ3n) is 4.72. The second-order valence-corrected chi connectivity index (χ2v) is 6.56. The fourth-order valence-corrected chi connectivity index (χ4v) is 3.16. The number of amides is 1. The summed E-state index contributed by atoms with van der Waals surface area (Å²) >= 11 is 0. The third-order valence-corrected chi connectivity index (χ3v) is 4.72. The summed E-state index contributed by atoms with van der Waals surface area (Å²) in [5.41, 5.74) is 4.52. The van der Waals surface area contributed by atoms with Gasteiger partial charge in [0.05, 0.1) is 24.5 Å². The molecule has 0 aliphatic rings. The van der Waals surface area contributed by atoms with Crippen molar-refractivity contribution in [2.24, 2.45) is 0 Å². The Labute approximate surface area is 163 Å². The number of anilines is 1. The van der Waals surface area contributed by atoms with Crippen molar-refractivity contribution in [3.05, 3.63) is 90.3 Å². The zero-order valence-electron chi connectivity index (χ0n) is 15.6. The van der Waals surface area contributed by atoms with Crippen molar-refractivity contribution in [1.29, 1.82) is 0 Å². The summed E-state index contributed by atoms with van der Waals surface area (Å²) < 4.78 is 7.26. The van der Waals surface area contributed by atoms with Gasteiger partial charge in [-0.05, 0) is 54.4 Å². The summed E-state index contributed by atoms with van der Waals surface area (Å²) in [5, 5.41) is 2.93. The molecule has 0 atom stereocenters. The highest BCUT2D eigenvalue weighted by Crippen LogP contribution is 2.20. The summed E-state index contributed by atoms with van der Waals surface area (Å²) in [7, 11) is 1.60. The molecule has 3 aromatic carbocycles. The lowest BCUT2D eigenvalue weighted by molar-refractivity contribution is 0.102. The van der Waals surface area contributed by atoms with Gasteiger partial charge < -0.3 is 14.6 Å². The Morgan fingerprint density at radius 2 is 1.82 bits per heavy atom. The SMILES string of the molecule is COc1ccc(C(=O)Nc2ccc3c(c2)ncn3CCc2ccccc2)cc1. The predicted molar refractivity (Wildman–Crippen MR) is 111 cm³/mol. The van der Waals surface area contributed by atoms with E-state index in [0.29, 0.717) is 5.56 Å². The highest BCUT2D eigenvalue weighted by atomic mass is 16.5. The molecule has 1 heterocycles. The van der Waals surface area contributed by atoms with Crippen LogP contribution in [0.2, 0.25) is 0 Å². The molecule has 0 radical (unpaired) electrons. The minimum Gasteiger partial charge on any atom is -0.497 e. The zero-order valence-corrected chi connectivity index (χ0v) is 15.6.